The number of piperidine rings is 1. The number of para-hydroxylation sites is 1. The number of nitrogens with zero attached hydrogens (tertiary/aromatic N) is 3. The molecule has 2 aliphatic heterocycles. The van der Waals surface area contributed by atoms with Crippen molar-refractivity contribution < 1.29 is 28.7 Å². The molecule has 206 valence electrons. The van der Waals surface area contributed by atoms with Gasteiger partial charge < -0.3 is 9.64 Å². The van der Waals surface area contributed by atoms with Crippen molar-refractivity contribution in [2.75, 3.05) is 31.1 Å². The van der Waals surface area contributed by atoms with E-state index in [2.05, 4.69) is 13.8 Å². The first-order chi connectivity index (χ1) is 18.3. The van der Waals surface area contributed by atoms with Crippen molar-refractivity contribution in [3.05, 3.63) is 65.2 Å². The first-order valence-corrected chi connectivity index (χ1v) is 13.1. The van der Waals surface area contributed by atoms with Crippen LogP contribution in [0.2, 0.25) is 0 Å². The average Bonchev–Trinajstić information content (AvgIpc) is 3.10. The zero-order valence-corrected chi connectivity index (χ0v) is 23.2. The van der Waals surface area contributed by atoms with Crippen molar-refractivity contribution >= 4 is 35.3 Å². The number of anilines is 1. The summed E-state index contributed by atoms with van der Waals surface area (Å²) in [6.07, 6.45) is 1.86. The molecular formula is C30H35N3O6. The van der Waals surface area contributed by atoms with Crippen LogP contribution in [0, 0.1) is 5.41 Å². The molecule has 39 heavy (non-hydrogen) atoms. The molecule has 0 radical (unpaired) electrons. The molecule has 4 amide bonds. The lowest BCUT2D eigenvalue weighted by molar-refractivity contribution is -0.153. The molecule has 9 nitrogen and oxygen atoms in total. The molecule has 4 rings (SSSR count). The molecule has 2 aliphatic rings. The van der Waals surface area contributed by atoms with E-state index in [0.717, 1.165) is 22.6 Å². The van der Waals surface area contributed by atoms with Crippen LogP contribution >= 0.6 is 0 Å². The lowest BCUT2D eigenvalue weighted by Gasteiger charge is -2.38. The summed E-state index contributed by atoms with van der Waals surface area (Å²) >= 11 is 0. The number of esters is 1. The van der Waals surface area contributed by atoms with Crippen LogP contribution in [-0.4, -0.2) is 71.2 Å². The van der Waals surface area contributed by atoms with Crippen molar-refractivity contribution in [1.29, 1.82) is 0 Å². The molecule has 0 N–H and O–H groups in total. The number of hydrogen-bond acceptors (Lipinski definition) is 6. The van der Waals surface area contributed by atoms with Gasteiger partial charge in [-0.2, -0.15) is 0 Å². The fourth-order valence-electron chi connectivity index (χ4n) is 5.07. The van der Waals surface area contributed by atoms with Crippen LogP contribution in [0.25, 0.3) is 0 Å². The number of imide groups is 1. The molecule has 0 saturated carbocycles. The summed E-state index contributed by atoms with van der Waals surface area (Å²) in [7, 11) is 0. The largest absolute Gasteiger partial charge is 0.459 e. The molecule has 1 saturated heterocycles. The first-order valence-electron chi connectivity index (χ1n) is 13.1. The number of amides is 4. The zero-order valence-electron chi connectivity index (χ0n) is 23.2. The van der Waals surface area contributed by atoms with Gasteiger partial charge in [-0.15, -0.1) is 0 Å². The van der Waals surface area contributed by atoms with Gasteiger partial charge in [-0.05, 0) is 63.3 Å². The van der Waals surface area contributed by atoms with Crippen LogP contribution < -0.4 is 4.90 Å². The Bertz CT molecular complexity index is 1290. The number of fused-ring (bicyclic) bond motifs is 1. The number of carbonyl (C=O) groups is 5. The minimum atomic E-state index is -0.803. The number of rotatable bonds is 6. The molecule has 0 aromatic heterocycles. The Labute approximate surface area is 228 Å². The number of benzene rings is 2. The summed E-state index contributed by atoms with van der Waals surface area (Å²) in [5, 5.41) is 0. The van der Waals surface area contributed by atoms with Crippen molar-refractivity contribution in [2.45, 2.75) is 53.1 Å². The molecule has 0 spiro atoms. The highest BCUT2D eigenvalue weighted by atomic mass is 16.6. The fourth-order valence-corrected chi connectivity index (χ4v) is 5.07. The molecule has 0 bridgehead atoms. The molecule has 2 heterocycles. The molecule has 9 heteroatoms. The van der Waals surface area contributed by atoms with Crippen LogP contribution in [0.4, 0.5) is 5.69 Å². The minimum Gasteiger partial charge on any atom is -0.459 e. The Morgan fingerprint density at radius 1 is 0.949 bits per heavy atom. The summed E-state index contributed by atoms with van der Waals surface area (Å²) in [4.78, 5) is 70.0. The number of carbonyl (C=O) groups excluding carboxylic acids is 5. The zero-order chi connectivity index (χ0) is 28.5. The monoisotopic (exact) mass is 533 g/mol. The van der Waals surface area contributed by atoms with E-state index in [-0.39, 0.29) is 33.7 Å². The van der Waals surface area contributed by atoms with E-state index in [1.165, 1.54) is 12.1 Å². The van der Waals surface area contributed by atoms with E-state index >= 15 is 0 Å². The molecule has 1 fully saturated rings. The van der Waals surface area contributed by atoms with E-state index in [1.54, 1.807) is 62.1 Å². The Hall–Kier alpha value is -4.01. The van der Waals surface area contributed by atoms with Crippen molar-refractivity contribution in [3.63, 3.8) is 0 Å². The highest BCUT2D eigenvalue weighted by Crippen LogP contribution is 2.31. The fraction of sp³-hybridized carbons (Fsp3) is 0.433. The second-order valence-corrected chi connectivity index (χ2v) is 11.8. The Morgan fingerprint density at radius 3 is 2.13 bits per heavy atom. The quantitative estimate of drug-likeness (QED) is 0.412. The minimum absolute atomic E-state index is 0.0413. The second kappa shape index (κ2) is 10.6. The van der Waals surface area contributed by atoms with Gasteiger partial charge in [-0.3, -0.25) is 33.8 Å². The summed E-state index contributed by atoms with van der Waals surface area (Å²) in [5.74, 6) is -2.78. The number of hydrogen-bond donors (Lipinski definition) is 0. The van der Waals surface area contributed by atoms with Gasteiger partial charge in [0.05, 0.1) is 22.4 Å². The normalized spacial score (nSPS) is 16.6. The second-order valence-electron chi connectivity index (χ2n) is 11.8. The molecule has 2 aromatic carbocycles. The first kappa shape index (κ1) is 28.0. The van der Waals surface area contributed by atoms with Gasteiger partial charge in [0.25, 0.3) is 17.7 Å². The van der Waals surface area contributed by atoms with Crippen LogP contribution in [0.5, 0.6) is 0 Å². The van der Waals surface area contributed by atoms with Gasteiger partial charge in [-0.25, -0.2) is 0 Å². The third kappa shape index (κ3) is 6.19. The summed E-state index contributed by atoms with van der Waals surface area (Å²) in [6.45, 7) is 9.43. The van der Waals surface area contributed by atoms with Crippen molar-refractivity contribution in [3.8, 4) is 0 Å². The van der Waals surface area contributed by atoms with E-state index in [4.69, 9.17) is 4.74 Å². The van der Waals surface area contributed by atoms with Gasteiger partial charge >= 0.3 is 5.97 Å². The van der Waals surface area contributed by atoms with E-state index in [9.17, 15) is 24.0 Å². The Kier molecular flexibility index (Phi) is 7.63. The predicted octanol–water partition coefficient (Wildman–Crippen LogP) is 3.92. The molecule has 0 unspecified atom stereocenters. The molecule has 0 aliphatic carbocycles. The summed E-state index contributed by atoms with van der Waals surface area (Å²) in [6, 6.07) is 12.9. The highest BCUT2D eigenvalue weighted by Gasteiger charge is 2.39. The van der Waals surface area contributed by atoms with E-state index in [0.29, 0.717) is 13.1 Å². The average molecular weight is 534 g/mol. The summed E-state index contributed by atoms with van der Waals surface area (Å²) < 4.78 is 5.47. The van der Waals surface area contributed by atoms with E-state index in [1.807, 2.05) is 0 Å². The number of ether oxygens (including phenoxy) is 1. The third-order valence-corrected chi connectivity index (χ3v) is 6.79. The topological polar surface area (TPSA) is 104 Å². The molecule has 2 aromatic rings. The SMILES string of the molecule is CC1(C)CCCN(C(=O)c2ccccc2N(CC(=O)OC(C)(C)C)C(=O)CN2C(=O)c3ccccc3C2=O)C1. The lowest BCUT2D eigenvalue weighted by atomic mass is 9.84. The molecule has 0 atom stereocenters. The van der Waals surface area contributed by atoms with Gasteiger partial charge in [0, 0.05) is 13.1 Å². The van der Waals surface area contributed by atoms with E-state index < -0.39 is 42.4 Å². The van der Waals surface area contributed by atoms with Crippen LogP contribution in [-0.2, 0) is 14.3 Å². The predicted molar refractivity (Wildman–Crippen MR) is 145 cm³/mol. The smallest absolute Gasteiger partial charge is 0.326 e. The molecular weight excluding hydrogens is 498 g/mol. The maximum atomic E-state index is 13.7. The lowest BCUT2D eigenvalue weighted by Crippen LogP contribution is -2.47. The maximum absolute atomic E-state index is 13.7. The van der Waals surface area contributed by atoms with Gasteiger partial charge in [0.1, 0.15) is 18.7 Å². The van der Waals surface area contributed by atoms with Gasteiger partial charge in [0.2, 0.25) is 5.91 Å². The van der Waals surface area contributed by atoms with Gasteiger partial charge in [-0.1, -0.05) is 38.1 Å². The summed E-state index contributed by atoms with van der Waals surface area (Å²) in [5.41, 5.74) is 0.0750. The van der Waals surface area contributed by atoms with Crippen LogP contribution in [0.15, 0.2) is 48.5 Å². The van der Waals surface area contributed by atoms with Crippen LogP contribution in [0.1, 0.15) is 78.5 Å². The van der Waals surface area contributed by atoms with Crippen molar-refractivity contribution in [2.24, 2.45) is 5.41 Å². The Balaban J connectivity index is 1.67. The maximum Gasteiger partial charge on any atom is 0.326 e. The standard InChI is InChI=1S/C30H35N3O6/c1-29(2,3)39-25(35)18-32(24(34)17-33-27(37)20-11-6-7-12-21(20)28(33)38)23-14-9-8-13-22(23)26(36)31-16-10-15-30(4,5)19-31/h6-9,11-14H,10,15-19H2,1-5H3. The third-order valence-electron chi connectivity index (χ3n) is 6.79. The number of likely N-dealkylation sites (tertiary alicyclic amines) is 1. The van der Waals surface area contributed by atoms with Gasteiger partial charge in [0.15, 0.2) is 0 Å². The van der Waals surface area contributed by atoms with Crippen molar-refractivity contribution in [1.82, 2.24) is 9.80 Å². The Morgan fingerprint density at radius 2 is 1.54 bits per heavy atom. The highest BCUT2D eigenvalue weighted by molar-refractivity contribution is 6.23. The van der Waals surface area contributed by atoms with Crippen LogP contribution in [0.3, 0.4) is 0 Å².